The molecule has 0 aromatic heterocycles. The molecule has 0 fully saturated rings. The number of hydrogen-bond donors (Lipinski definition) is 2. The van der Waals surface area contributed by atoms with Crippen molar-refractivity contribution >= 4 is 28.3 Å². The summed E-state index contributed by atoms with van der Waals surface area (Å²) in [7, 11) is 0. The maximum Gasteiger partial charge on any atom is 0.340 e. The van der Waals surface area contributed by atoms with Crippen molar-refractivity contribution in [3.63, 3.8) is 0 Å². The molecule has 3 aromatic carbocycles. The fourth-order valence-corrected chi connectivity index (χ4v) is 4.16. The summed E-state index contributed by atoms with van der Waals surface area (Å²) < 4.78 is 6.26. The van der Waals surface area contributed by atoms with E-state index in [9.17, 15) is 15.0 Å². The number of fused-ring (bicyclic) bond motifs is 1. The van der Waals surface area contributed by atoms with E-state index in [1.807, 2.05) is 63.2 Å². The van der Waals surface area contributed by atoms with Crippen LogP contribution in [0.2, 0.25) is 5.02 Å². The van der Waals surface area contributed by atoms with Crippen LogP contribution in [0.4, 0.5) is 0 Å². The van der Waals surface area contributed by atoms with Crippen LogP contribution in [0.5, 0.6) is 0 Å². The lowest BCUT2D eigenvalue weighted by Gasteiger charge is -2.38. The third-order valence-electron chi connectivity index (χ3n) is 5.16. The average molecular weight is 427 g/mol. The summed E-state index contributed by atoms with van der Waals surface area (Å²) in [5.41, 5.74) is 0.224. The van der Waals surface area contributed by atoms with Crippen LogP contribution in [-0.4, -0.2) is 21.8 Å². The Balaban J connectivity index is 2.52. The third kappa shape index (κ3) is 4.08. The maximum atomic E-state index is 12.7. The molecule has 0 aliphatic heterocycles. The number of rotatable bonds is 6. The van der Waals surface area contributed by atoms with Gasteiger partial charge in [-0.15, -0.1) is 0 Å². The van der Waals surface area contributed by atoms with Gasteiger partial charge in [-0.3, -0.25) is 0 Å². The zero-order chi connectivity index (χ0) is 22.1. The van der Waals surface area contributed by atoms with E-state index in [0.717, 1.165) is 21.9 Å². The van der Waals surface area contributed by atoms with Gasteiger partial charge in [0.1, 0.15) is 0 Å². The number of ether oxygens (including phenoxy) is 1. The van der Waals surface area contributed by atoms with E-state index in [1.165, 1.54) is 0 Å². The van der Waals surface area contributed by atoms with Crippen LogP contribution in [0.25, 0.3) is 21.9 Å². The number of aliphatic carboxylic acids is 1. The van der Waals surface area contributed by atoms with Crippen LogP contribution in [-0.2, 0) is 21.7 Å². The maximum absolute atomic E-state index is 12.7. The molecule has 158 valence electrons. The molecule has 0 spiro atoms. The molecule has 3 rings (SSSR count). The van der Waals surface area contributed by atoms with Gasteiger partial charge in [-0.05, 0) is 72.9 Å². The van der Waals surface area contributed by atoms with Gasteiger partial charge in [-0.1, -0.05) is 54.9 Å². The topological polar surface area (TPSA) is 66.8 Å². The molecule has 30 heavy (non-hydrogen) atoms. The van der Waals surface area contributed by atoms with Gasteiger partial charge in [0.15, 0.2) is 5.60 Å². The second-order valence-electron chi connectivity index (χ2n) is 8.37. The Morgan fingerprint density at radius 3 is 2.23 bits per heavy atom. The number of hydrogen-bond acceptors (Lipinski definition) is 3. The largest absolute Gasteiger partial charge is 0.479 e. The molecule has 4 nitrogen and oxygen atoms in total. The van der Waals surface area contributed by atoms with Crippen LogP contribution < -0.4 is 0 Å². The standard InChI is InChI=1S/C25H27ClO4/c1-5-25(23(28)29,30-24(2,3)4)22-18(15-27)14-17-8-6-7-9-20(17)21(22)16-10-12-19(26)13-11-16/h6-14,27H,5,15H2,1-4H3,(H,28,29)/t25-/m0/s1. The number of carbonyl (C=O) groups is 1. The van der Waals surface area contributed by atoms with Gasteiger partial charge in [0.05, 0.1) is 12.2 Å². The van der Waals surface area contributed by atoms with Crippen LogP contribution in [0, 0.1) is 0 Å². The Morgan fingerprint density at radius 1 is 1.07 bits per heavy atom. The molecule has 0 bridgehead atoms. The number of halogens is 1. The zero-order valence-corrected chi connectivity index (χ0v) is 18.5. The van der Waals surface area contributed by atoms with Crippen molar-refractivity contribution in [2.45, 2.75) is 51.9 Å². The normalized spacial score (nSPS) is 13.9. The summed E-state index contributed by atoms with van der Waals surface area (Å²) in [6, 6.07) is 16.9. The lowest BCUT2D eigenvalue weighted by atomic mass is 9.79. The van der Waals surface area contributed by atoms with E-state index in [1.54, 1.807) is 19.1 Å². The van der Waals surface area contributed by atoms with E-state index in [2.05, 4.69) is 0 Å². The number of carboxylic acid groups (broad SMARTS) is 1. The summed E-state index contributed by atoms with van der Waals surface area (Å²) in [6.07, 6.45) is 0.200. The molecular weight excluding hydrogens is 400 g/mol. The van der Waals surface area contributed by atoms with Crippen molar-refractivity contribution < 1.29 is 19.7 Å². The Bertz CT molecular complexity index is 1070. The molecule has 0 unspecified atom stereocenters. The SMILES string of the molecule is CC[C@@](OC(C)(C)C)(C(=O)O)c1c(CO)cc2ccccc2c1-c1ccc(Cl)cc1. The van der Waals surface area contributed by atoms with Crippen LogP contribution in [0.1, 0.15) is 45.2 Å². The molecule has 0 heterocycles. The van der Waals surface area contributed by atoms with Gasteiger partial charge in [0, 0.05) is 10.6 Å². The van der Waals surface area contributed by atoms with Gasteiger partial charge < -0.3 is 14.9 Å². The Labute approximate surface area is 182 Å². The first-order chi connectivity index (χ1) is 14.1. The van der Waals surface area contributed by atoms with Crippen molar-refractivity contribution in [1.29, 1.82) is 0 Å². The molecule has 1 atom stereocenters. The van der Waals surface area contributed by atoms with E-state index < -0.39 is 17.2 Å². The summed E-state index contributed by atoms with van der Waals surface area (Å²) in [5, 5.41) is 23.1. The minimum Gasteiger partial charge on any atom is -0.479 e. The lowest BCUT2D eigenvalue weighted by molar-refractivity contribution is -0.188. The first kappa shape index (κ1) is 22.3. The zero-order valence-electron chi connectivity index (χ0n) is 17.7. The van der Waals surface area contributed by atoms with Crippen LogP contribution >= 0.6 is 11.6 Å². The predicted molar refractivity (Wildman–Crippen MR) is 121 cm³/mol. The van der Waals surface area contributed by atoms with Gasteiger partial charge in [-0.25, -0.2) is 4.79 Å². The van der Waals surface area contributed by atoms with Crippen LogP contribution in [0.15, 0.2) is 54.6 Å². The average Bonchev–Trinajstić information content (AvgIpc) is 2.70. The molecular formula is C25H27ClO4. The molecule has 0 saturated carbocycles. The van der Waals surface area contributed by atoms with Gasteiger partial charge in [-0.2, -0.15) is 0 Å². The molecule has 0 radical (unpaired) electrons. The second kappa shape index (κ2) is 8.38. The second-order valence-corrected chi connectivity index (χ2v) is 8.81. The van der Waals surface area contributed by atoms with Crippen molar-refractivity contribution in [3.8, 4) is 11.1 Å². The highest BCUT2D eigenvalue weighted by atomic mass is 35.5. The van der Waals surface area contributed by atoms with Crippen molar-refractivity contribution in [2.24, 2.45) is 0 Å². The molecule has 0 aliphatic rings. The highest BCUT2D eigenvalue weighted by Gasteiger charge is 2.46. The summed E-state index contributed by atoms with van der Waals surface area (Å²) in [5.74, 6) is -1.08. The lowest BCUT2D eigenvalue weighted by Crippen LogP contribution is -2.45. The number of benzene rings is 3. The molecule has 0 aliphatic carbocycles. The number of aliphatic hydroxyl groups excluding tert-OH is 1. The number of carboxylic acids is 1. The van der Waals surface area contributed by atoms with Crippen LogP contribution in [0.3, 0.4) is 0 Å². The quantitative estimate of drug-likeness (QED) is 0.495. The monoisotopic (exact) mass is 426 g/mol. The Hall–Kier alpha value is -2.40. The smallest absolute Gasteiger partial charge is 0.340 e. The fraction of sp³-hybridized carbons (Fsp3) is 0.320. The fourth-order valence-electron chi connectivity index (χ4n) is 4.03. The van der Waals surface area contributed by atoms with Crippen molar-refractivity contribution in [3.05, 3.63) is 70.7 Å². The molecule has 0 amide bonds. The highest BCUT2D eigenvalue weighted by Crippen LogP contribution is 2.45. The molecule has 3 aromatic rings. The minimum atomic E-state index is -1.63. The number of aliphatic hydroxyl groups is 1. The molecule has 0 saturated heterocycles. The summed E-state index contributed by atoms with van der Waals surface area (Å²) >= 11 is 6.11. The summed E-state index contributed by atoms with van der Waals surface area (Å²) in [6.45, 7) is 7.00. The first-order valence-electron chi connectivity index (χ1n) is 9.98. The predicted octanol–water partition coefficient (Wildman–Crippen LogP) is 6.16. The summed E-state index contributed by atoms with van der Waals surface area (Å²) in [4.78, 5) is 12.7. The minimum absolute atomic E-state index is 0.200. The van der Waals surface area contributed by atoms with E-state index in [4.69, 9.17) is 16.3 Å². The van der Waals surface area contributed by atoms with E-state index in [0.29, 0.717) is 16.1 Å². The van der Waals surface area contributed by atoms with E-state index in [-0.39, 0.29) is 13.0 Å². The van der Waals surface area contributed by atoms with Gasteiger partial charge in [0.2, 0.25) is 0 Å². The Kier molecular flexibility index (Phi) is 6.23. The molecule has 5 heteroatoms. The van der Waals surface area contributed by atoms with Crippen molar-refractivity contribution in [1.82, 2.24) is 0 Å². The van der Waals surface area contributed by atoms with Gasteiger partial charge in [0.25, 0.3) is 0 Å². The van der Waals surface area contributed by atoms with Gasteiger partial charge >= 0.3 is 5.97 Å². The van der Waals surface area contributed by atoms with Crippen molar-refractivity contribution in [2.75, 3.05) is 0 Å². The third-order valence-corrected chi connectivity index (χ3v) is 5.41. The first-order valence-corrected chi connectivity index (χ1v) is 10.4. The Morgan fingerprint density at radius 2 is 1.70 bits per heavy atom. The highest BCUT2D eigenvalue weighted by molar-refractivity contribution is 6.30. The van der Waals surface area contributed by atoms with E-state index >= 15 is 0 Å². The molecule has 2 N–H and O–H groups in total.